The van der Waals surface area contributed by atoms with Crippen LogP contribution >= 0.6 is 0 Å². The van der Waals surface area contributed by atoms with E-state index in [-0.39, 0.29) is 17.8 Å². The molecule has 1 aromatic rings. The van der Waals surface area contributed by atoms with Crippen LogP contribution in [0.5, 0.6) is 5.75 Å². The topological polar surface area (TPSA) is 46.6 Å². The number of carbonyl (C=O) groups excluding carboxylic acids is 2. The minimum atomic E-state index is -0.0275. The van der Waals surface area contributed by atoms with Crippen LogP contribution in [0.2, 0.25) is 5.82 Å². The molecule has 2 unspecified atom stereocenters. The van der Waals surface area contributed by atoms with Gasteiger partial charge in [0, 0.05) is 6.42 Å². The predicted octanol–water partition coefficient (Wildman–Crippen LogP) is 3.36. The second-order valence-corrected chi connectivity index (χ2v) is 7.51. The Morgan fingerprint density at radius 1 is 1.44 bits per heavy atom. The van der Waals surface area contributed by atoms with Gasteiger partial charge in [0.2, 0.25) is 5.91 Å². The lowest BCUT2D eigenvalue weighted by atomic mass is 9.96. The molecule has 3 rings (SSSR count). The van der Waals surface area contributed by atoms with Gasteiger partial charge in [0.25, 0.3) is 0 Å². The first kappa shape index (κ1) is 18.0. The fraction of sp³-hybridized carbons (Fsp3) is 0.600. The van der Waals surface area contributed by atoms with Gasteiger partial charge >= 0.3 is 0 Å². The molecule has 132 valence electrons. The Hall–Kier alpha value is -1.78. The number of nitrogens with zero attached hydrogens (tertiary/aromatic N) is 1. The van der Waals surface area contributed by atoms with E-state index in [9.17, 15) is 9.59 Å². The molecule has 2 fully saturated rings. The van der Waals surface area contributed by atoms with Gasteiger partial charge in [-0.25, -0.2) is 0 Å². The van der Waals surface area contributed by atoms with Crippen molar-refractivity contribution in [2.75, 3.05) is 13.1 Å². The summed E-state index contributed by atoms with van der Waals surface area (Å²) in [5.41, 5.74) is 1.68. The fourth-order valence-electron chi connectivity index (χ4n) is 3.22. The third kappa shape index (κ3) is 4.25. The zero-order chi connectivity index (χ0) is 18.0. The molecule has 5 heteroatoms. The molecule has 3 atom stereocenters. The Kier molecular flexibility index (Phi) is 5.50. The lowest BCUT2D eigenvalue weighted by Gasteiger charge is -2.39. The summed E-state index contributed by atoms with van der Waals surface area (Å²) in [5.74, 6) is 1.98. The number of benzene rings is 1. The van der Waals surface area contributed by atoms with Crippen LogP contribution in [0.15, 0.2) is 18.2 Å². The summed E-state index contributed by atoms with van der Waals surface area (Å²) in [5, 5.41) is 0. The molecule has 0 bridgehead atoms. The van der Waals surface area contributed by atoms with Crippen molar-refractivity contribution < 1.29 is 14.3 Å². The average Bonchev–Trinajstić information content (AvgIpc) is 3.31. The van der Waals surface area contributed by atoms with Gasteiger partial charge in [0.1, 0.15) is 11.9 Å². The van der Waals surface area contributed by atoms with Crippen LogP contribution < -0.4 is 4.74 Å². The number of hydrogen-bond donors (Lipinski definition) is 0. The standard InChI is InChI=1S/C20H26BNO3/c1-3-13(2)4-7-20(24)22-10-16(11-22)25-19-6-5-14(8-15(19)12-23)17-9-18(17)21/h5-6,8,12-13,16-18H,3-4,7,9-11H2,1-2H3/t13-,17?,18?/m1/s1. The quantitative estimate of drug-likeness (QED) is 0.539. The Balaban J connectivity index is 1.49. The third-order valence-electron chi connectivity index (χ3n) is 5.47. The summed E-state index contributed by atoms with van der Waals surface area (Å²) in [4.78, 5) is 25.3. The molecule has 1 heterocycles. The van der Waals surface area contributed by atoms with Crippen molar-refractivity contribution in [3.63, 3.8) is 0 Å². The number of aldehydes is 1. The Morgan fingerprint density at radius 3 is 2.76 bits per heavy atom. The second-order valence-electron chi connectivity index (χ2n) is 7.51. The summed E-state index contributed by atoms with van der Waals surface area (Å²) < 4.78 is 5.93. The van der Waals surface area contributed by atoms with E-state index in [0.717, 1.165) is 31.1 Å². The molecule has 2 radical (unpaired) electrons. The zero-order valence-corrected chi connectivity index (χ0v) is 15.1. The van der Waals surface area contributed by atoms with Gasteiger partial charge < -0.3 is 9.64 Å². The first-order chi connectivity index (χ1) is 12.0. The van der Waals surface area contributed by atoms with Crippen molar-refractivity contribution in [2.24, 2.45) is 5.92 Å². The molecular weight excluding hydrogens is 313 g/mol. The molecule has 1 aliphatic heterocycles. The molecule has 0 aromatic heterocycles. The molecule has 0 spiro atoms. The highest BCUT2D eigenvalue weighted by molar-refractivity contribution is 6.14. The smallest absolute Gasteiger partial charge is 0.222 e. The highest BCUT2D eigenvalue weighted by Gasteiger charge is 2.35. The number of likely N-dealkylation sites (tertiary alicyclic amines) is 1. The minimum absolute atomic E-state index is 0.0275. The van der Waals surface area contributed by atoms with Crippen LogP contribution in [-0.2, 0) is 4.79 Å². The Bertz CT molecular complexity index is 642. The molecule has 2 aliphatic rings. The SMILES string of the molecule is [B]C1CC1c1ccc(OC2CN(C(=O)CC[C@H](C)CC)C2)c(C=O)c1. The van der Waals surface area contributed by atoms with E-state index in [0.29, 0.717) is 42.7 Å². The van der Waals surface area contributed by atoms with Crippen molar-refractivity contribution in [3.8, 4) is 5.75 Å². The van der Waals surface area contributed by atoms with E-state index in [2.05, 4.69) is 13.8 Å². The minimum Gasteiger partial charge on any atom is -0.486 e. The van der Waals surface area contributed by atoms with E-state index in [4.69, 9.17) is 12.6 Å². The molecule has 1 aromatic carbocycles. The van der Waals surface area contributed by atoms with E-state index in [1.165, 1.54) is 0 Å². The van der Waals surface area contributed by atoms with Gasteiger partial charge in [-0.15, -0.1) is 0 Å². The van der Waals surface area contributed by atoms with Crippen LogP contribution in [0.25, 0.3) is 0 Å². The van der Waals surface area contributed by atoms with Crippen molar-refractivity contribution in [3.05, 3.63) is 29.3 Å². The Morgan fingerprint density at radius 2 is 2.16 bits per heavy atom. The predicted molar refractivity (Wildman–Crippen MR) is 98.4 cm³/mol. The van der Waals surface area contributed by atoms with Crippen molar-refractivity contribution in [2.45, 2.75) is 57.4 Å². The number of rotatable bonds is 8. The molecule has 0 N–H and O–H groups in total. The van der Waals surface area contributed by atoms with Crippen molar-refractivity contribution in [1.29, 1.82) is 0 Å². The zero-order valence-electron chi connectivity index (χ0n) is 15.1. The summed E-state index contributed by atoms with van der Waals surface area (Å²) >= 11 is 0. The van der Waals surface area contributed by atoms with Crippen molar-refractivity contribution in [1.82, 2.24) is 4.90 Å². The van der Waals surface area contributed by atoms with E-state index < -0.39 is 0 Å². The highest BCUT2D eigenvalue weighted by atomic mass is 16.5. The van der Waals surface area contributed by atoms with Gasteiger partial charge in [0.15, 0.2) is 6.29 Å². The highest BCUT2D eigenvalue weighted by Crippen LogP contribution is 2.50. The Labute approximate surface area is 151 Å². The molecule has 1 saturated heterocycles. The van der Waals surface area contributed by atoms with E-state index >= 15 is 0 Å². The second kappa shape index (κ2) is 7.63. The number of carbonyl (C=O) groups is 2. The maximum atomic E-state index is 12.1. The maximum absolute atomic E-state index is 12.1. The largest absolute Gasteiger partial charge is 0.486 e. The summed E-state index contributed by atoms with van der Waals surface area (Å²) in [6.07, 6.45) is 4.44. The summed E-state index contributed by atoms with van der Waals surface area (Å²) in [7, 11) is 5.88. The summed E-state index contributed by atoms with van der Waals surface area (Å²) in [6, 6.07) is 5.73. The van der Waals surface area contributed by atoms with Crippen LogP contribution in [0.1, 0.15) is 61.4 Å². The van der Waals surface area contributed by atoms with Crippen molar-refractivity contribution >= 4 is 20.0 Å². The molecule has 1 aliphatic carbocycles. The van der Waals surface area contributed by atoms with Gasteiger partial charge in [-0.3, -0.25) is 9.59 Å². The van der Waals surface area contributed by atoms with Crippen LogP contribution in [-0.4, -0.2) is 44.1 Å². The first-order valence-corrected chi connectivity index (χ1v) is 9.31. The lowest BCUT2D eigenvalue weighted by molar-refractivity contribution is -0.140. The molecule has 25 heavy (non-hydrogen) atoms. The lowest BCUT2D eigenvalue weighted by Crippen LogP contribution is -2.56. The van der Waals surface area contributed by atoms with Crippen LogP contribution in [0, 0.1) is 5.92 Å². The van der Waals surface area contributed by atoms with E-state index in [1.54, 1.807) is 0 Å². The summed E-state index contributed by atoms with van der Waals surface area (Å²) in [6.45, 7) is 5.53. The molecule has 1 saturated carbocycles. The third-order valence-corrected chi connectivity index (χ3v) is 5.47. The number of ether oxygens (including phenoxy) is 1. The normalized spacial score (nSPS) is 23.7. The average molecular weight is 339 g/mol. The van der Waals surface area contributed by atoms with Gasteiger partial charge in [-0.1, -0.05) is 38.6 Å². The fourth-order valence-corrected chi connectivity index (χ4v) is 3.22. The first-order valence-electron chi connectivity index (χ1n) is 9.31. The van der Waals surface area contributed by atoms with Crippen LogP contribution in [0.4, 0.5) is 0 Å². The van der Waals surface area contributed by atoms with E-state index in [1.807, 2.05) is 23.1 Å². The molecule has 4 nitrogen and oxygen atoms in total. The molecular formula is C20H26BNO3. The van der Waals surface area contributed by atoms with Crippen LogP contribution in [0.3, 0.4) is 0 Å². The number of hydrogen-bond acceptors (Lipinski definition) is 3. The molecule has 1 amide bonds. The van der Waals surface area contributed by atoms with Gasteiger partial charge in [-0.05, 0) is 36.0 Å². The van der Waals surface area contributed by atoms with Gasteiger partial charge in [0.05, 0.1) is 26.5 Å². The maximum Gasteiger partial charge on any atom is 0.222 e. The number of amides is 1. The van der Waals surface area contributed by atoms with Gasteiger partial charge in [-0.2, -0.15) is 0 Å². The monoisotopic (exact) mass is 339 g/mol.